The number of hydrogen-bond donors (Lipinski definition) is 2. The van der Waals surface area contributed by atoms with Gasteiger partial charge in [0.2, 0.25) is 5.91 Å². The number of fused-ring (bicyclic) bond motifs is 1. The number of aromatic amines is 1. The van der Waals surface area contributed by atoms with Crippen LogP contribution in [0.5, 0.6) is 0 Å². The lowest BCUT2D eigenvalue weighted by Gasteiger charge is -2.34. The molecular weight excluding hydrogens is 468 g/mol. The zero-order valence-electron chi connectivity index (χ0n) is 17.9. The van der Waals surface area contributed by atoms with Crippen molar-refractivity contribution in [2.24, 2.45) is 5.92 Å². The summed E-state index contributed by atoms with van der Waals surface area (Å²) < 4.78 is 0.916. The molecule has 1 aliphatic carbocycles. The molecule has 7 heteroatoms. The first-order chi connectivity index (χ1) is 15.6. The van der Waals surface area contributed by atoms with Crippen molar-refractivity contribution in [3.63, 3.8) is 0 Å². The lowest BCUT2D eigenvalue weighted by atomic mass is 10.1. The lowest BCUT2D eigenvalue weighted by Crippen LogP contribution is -2.48. The molecule has 32 heavy (non-hydrogen) atoms. The topological polar surface area (TPSA) is 68.4 Å². The highest BCUT2D eigenvalue weighted by Crippen LogP contribution is 2.37. The van der Waals surface area contributed by atoms with Crippen molar-refractivity contribution in [1.29, 1.82) is 0 Å². The number of carbonyl (C=O) groups excluding carboxylic acids is 2. The molecule has 0 unspecified atom stereocenters. The van der Waals surface area contributed by atoms with Crippen molar-refractivity contribution in [2.45, 2.75) is 19.4 Å². The van der Waals surface area contributed by atoms with Gasteiger partial charge in [0.25, 0.3) is 0 Å². The van der Waals surface area contributed by atoms with E-state index in [4.69, 9.17) is 0 Å². The minimum atomic E-state index is -0.0766. The predicted molar refractivity (Wildman–Crippen MR) is 130 cm³/mol. The van der Waals surface area contributed by atoms with Crippen LogP contribution in [0.25, 0.3) is 10.9 Å². The van der Waals surface area contributed by atoms with Crippen molar-refractivity contribution in [3.05, 3.63) is 64.3 Å². The predicted octanol–water partition coefficient (Wildman–Crippen LogP) is 4.28. The number of rotatable bonds is 7. The van der Waals surface area contributed by atoms with Gasteiger partial charge in [-0.25, -0.2) is 0 Å². The molecule has 0 bridgehead atoms. The van der Waals surface area contributed by atoms with Crippen LogP contribution in [0, 0.1) is 5.92 Å². The Morgan fingerprint density at radius 2 is 1.72 bits per heavy atom. The third kappa shape index (κ3) is 4.80. The van der Waals surface area contributed by atoms with Crippen LogP contribution in [0.1, 0.15) is 28.9 Å². The van der Waals surface area contributed by atoms with Crippen LogP contribution in [0.15, 0.2) is 53.0 Å². The Morgan fingerprint density at radius 1 is 1.00 bits per heavy atom. The minimum Gasteiger partial charge on any atom is -0.350 e. The second kappa shape index (κ2) is 9.17. The number of amides is 1. The van der Waals surface area contributed by atoms with E-state index in [-0.39, 0.29) is 17.6 Å². The summed E-state index contributed by atoms with van der Waals surface area (Å²) in [5.74, 6) is 0.106. The molecule has 2 aromatic carbocycles. The lowest BCUT2D eigenvalue weighted by molar-refractivity contribution is -0.117. The number of Topliss-reactive ketones (excluding diaryl/α,β-unsaturated/α-hetero) is 1. The SMILES string of the molecule is O=C(CN1CCN(Cc2ccccc2)CC1)Nc1c(C(=O)C2CC2)[nH]c2ccc(Br)cc12. The number of nitrogens with zero attached hydrogens (tertiary/aromatic N) is 2. The fourth-order valence-electron chi connectivity index (χ4n) is 4.36. The Morgan fingerprint density at radius 3 is 2.44 bits per heavy atom. The minimum absolute atomic E-state index is 0.0766. The molecule has 2 fully saturated rings. The number of carbonyl (C=O) groups is 2. The molecule has 1 saturated heterocycles. The van der Waals surface area contributed by atoms with Gasteiger partial charge in [-0.15, -0.1) is 0 Å². The van der Waals surface area contributed by atoms with Crippen LogP contribution >= 0.6 is 15.9 Å². The van der Waals surface area contributed by atoms with Crippen LogP contribution in [-0.4, -0.2) is 59.2 Å². The average molecular weight is 495 g/mol. The van der Waals surface area contributed by atoms with Gasteiger partial charge in [-0.1, -0.05) is 46.3 Å². The number of halogens is 1. The van der Waals surface area contributed by atoms with E-state index in [0.717, 1.165) is 60.9 Å². The molecule has 6 nitrogen and oxygen atoms in total. The fraction of sp³-hybridized carbons (Fsp3) is 0.360. The Labute approximate surface area is 196 Å². The van der Waals surface area contributed by atoms with Gasteiger partial charge in [-0.2, -0.15) is 0 Å². The zero-order chi connectivity index (χ0) is 22.1. The van der Waals surface area contributed by atoms with E-state index < -0.39 is 0 Å². The highest BCUT2D eigenvalue weighted by atomic mass is 79.9. The molecular formula is C25H27BrN4O2. The molecule has 2 aliphatic rings. The van der Waals surface area contributed by atoms with Gasteiger partial charge < -0.3 is 10.3 Å². The molecule has 0 spiro atoms. The van der Waals surface area contributed by atoms with E-state index in [1.54, 1.807) is 0 Å². The first-order valence-corrected chi connectivity index (χ1v) is 12.0. The standard InChI is InChI=1S/C25H27BrN4O2/c26-19-8-9-21-20(14-19)23(24(27-21)25(32)18-6-7-18)28-22(31)16-30-12-10-29(11-13-30)15-17-4-2-1-3-5-17/h1-5,8-9,14,18,27H,6-7,10-13,15-16H2,(H,28,31). The number of piperazine rings is 1. The Kier molecular flexibility index (Phi) is 6.13. The van der Waals surface area contributed by atoms with Gasteiger partial charge in [0.1, 0.15) is 5.69 Å². The molecule has 0 radical (unpaired) electrons. The number of benzene rings is 2. The summed E-state index contributed by atoms with van der Waals surface area (Å²) in [6.45, 7) is 4.86. The van der Waals surface area contributed by atoms with E-state index in [0.29, 0.717) is 17.9 Å². The van der Waals surface area contributed by atoms with E-state index in [9.17, 15) is 9.59 Å². The molecule has 5 rings (SSSR count). The summed E-state index contributed by atoms with van der Waals surface area (Å²) in [7, 11) is 0. The number of nitrogens with one attached hydrogen (secondary N) is 2. The quantitative estimate of drug-likeness (QED) is 0.481. The summed E-state index contributed by atoms with van der Waals surface area (Å²) in [4.78, 5) is 33.6. The van der Waals surface area contributed by atoms with Crippen LogP contribution in [0.2, 0.25) is 0 Å². The molecule has 166 valence electrons. The number of hydrogen-bond acceptors (Lipinski definition) is 4. The normalized spacial score (nSPS) is 17.5. The summed E-state index contributed by atoms with van der Waals surface area (Å²) >= 11 is 3.50. The highest BCUT2D eigenvalue weighted by molar-refractivity contribution is 9.10. The van der Waals surface area contributed by atoms with Crippen LogP contribution in [-0.2, 0) is 11.3 Å². The van der Waals surface area contributed by atoms with Gasteiger partial charge in [0.15, 0.2) is 5.78 Å². The molecule has 1 amide bonds. The van der Waals surface area contributed by atoms with Crippen molar-refractivity contribution in [3.8, 4) is 0 Å². The van der Waals surface area contributed by atoms with Crippen molar-refractivity contribution in [2.75, 3.05) is 38.0 Å². The Hall–Kier alpha value is -2.48. The van der Waals surface area contributed by atoms with E-state index in [1.165, 1.54) is 5.56 Å². The molecule has 1 aliphatic heterocycles. The number of anilines is 1. The summed E-state index contributed by atoms with van der Waals surface area (Å²) in [6, 6.07) is 16.3. The van der Waals surface area contributed by atoms with Crippen LogP contribution in [0.3, 0.4) is 0 Å². The summed E-state index contributed by atoms with van der Waals surface area (Å²) in [6.07, 6.45) is 1.86. The van der Waals surface area contributed by atoms with E-state index in [1.807, 2.05) is 24.3 Å². The number of aromatic nitrogens is 1. The van der Waals surface area contributed by atoms with Gasteiger partial charge in [-0.3, -0.25) is 19.4 Å². The number of H-pyrrole nitrogens is 1. The maximum atomic E-state index is 12.9. The van der Waals surface area contributed by atoms with E-state index >= 15 is 0 Å². The first kappa shape index (κ1) is 21.4. The monoisotopic (exact) mass is 494 g/mol. The highest BCUT2D eigenvalue weighted by Gasteiger charge is 2.34. The zero-order valence-corrected chi connectivity index (χ0v) is 19.5. The van der Waals surface area contributed by atoms with E-state index in [2.05, 4.69) is 60.3 Å². The molecule has 2 N–H and O–H groups in total. The smallest absolute Gasteiger partial charge is 0.238 e. The largest absolute Gasteiger partial charge is 0.350 e. The molecule has 1 aromatic heterocycles. The maximum Gasteiger partial charge on any atom is 0.238 e. The van der Waals surface area contributed by atoms with Crippen LogP contribution < -0.4 is 5.32 Å². The first-order valence-electron chi connectivity index (χ1n) is 11.2. The molecule has 1 saturated carbocycles. The summed E-state index contributed by atoms with van der Waals surface area (Å²) in [5, 5.41) is 3.92. The maximum absolute atomic E-state index is 12.9. The number of ketones is 1. The van der Waals surface area contributed by atoms with Crippen molar-refractivity contribution >= 4 is 44.2 Å². The molecule has 0 atom stereocenters. The Bertz CT molecular complexity index is 1130. The third-order valence-corrected chi connectivity index (χ3v) is 6.79. The second-order valence-electron chi connectivity index (χ2n) is 8.79. The molecule has 2 heterocycles. The van der Waals surface area contributed by atoms with Gasteiger partial charge >= 0.3 is 0 Å². The fourth-order valence-corrected chi connectivity index (χ4v) is 4.72. The average Bonchev–Trinajstić information content (AvgIpc) is 3.59. The van der Waals surface area contributed by atoms with Crippen LogP contribution in [0.4, 0.5) is 5.69 Å². The van der Waals surface area contributed by atoms with Crippen molar-refractivity contribution in [1.82, 2.24) is 14.8 Å². The molecule has 3 aromatic rings. The van der Waals surface area contributed by atoms with Gasteiger partial charge in [0, 0.05) is 54.0 Å². The van der Waals surface area contributed by atoms with Crippen molar-refractivity contribution < 1.29 is 9.59 Å². The summed E-state index contributed by atoms with van der Waals surface area (Å²) in [5.41, 5.74) is 3.33. The third-order valence-electron chi connectivity index (χ3n) is 6.30. The van der Waals surface area contributed by atoms with Gasteiger partial charge in [0.05, 0.1) is 12.2 Å². The second-order valence-corrected chi connectivity index (χ2v) is 9.71. The Balaban J connectivity index is 1.23. The van der Waals surface area contributed by atoms with Gasteiger partial charge in [-0.05, 0) is 36.6 Å².